The van der Waals surface area contributed by atoms with Gasteiger partial charge < -0.3 is 9.47 Å². The number of nitrogens with zero attached hydrogens (tertiary/aromatic N) is 4. The van der Waals surface area contributed by atoms with Crippen LogP contribution in [-0.4, -0.2) is 33.3 Å². The van der Waals surface area contributed by atoms with Crippen molar-refractivity contribution in [1.82, 2.24) is 19.8 Å². The van der Waals surface area contributed by atoms with E-state index in [1.54, 1.807) is 0 Å². The van der Waals surface area contributed by atoms with Gasteiger partial charge in [-0.2, -0.15) is 18.4 Å². The summed E-state index contributed by atoms with van der Waals surface area (Å²) in [6, 6.07) is 7.67. The minimum absolute atomic E-state index is 0.0625. The molecule has 0 atom stereocenters. The maximum Gasteiger partial charge on any atom is 0.573 e. The number of methoxy groups -OCH3 is 1. The van der Waals surface area contributed by atoms with Crippen LogP contribution in [-0.2, 0) is 10.8 Å². The number of rotatable bonds is 4. The lowest BCUT2D eigenvalue weighted by molar-refractivity contribution is -0.274. The fourth-order valence-electron chi connectivity index (χ4n) is 2.04. The van der Waals surface area contributed by atoms with Gasteiger partial charge in [0.2, 0.25) is 0 Å². The van der Waals surface area contributed by atoms with E-state index < -0.39 is 24.0 Å². The molecule has 1 aromatic carbocycles. The van der Waals surface area contributed by atoms with Gasteiger partial charge in [-0.15, -0.1) is 23.4 Å². The topological polar surface area (TPSA) is 61.5 Å². The van der Waals surface area contributed by atoms with Gasteiger partial charge >= 0.3 is 12.5 Å². The molecule has 2 aromatic heterocycles. The molecule has 0 amide bonds. The molecule has 11 heteroatoms. The van der Waals surface area contributed by atoms with Crippen molar-refractivity contribution >= 4 is 5.65 Å². The van der Waals surface area contributed by atoms with Crippen LogP contribution in [0.15, 0.2) is 36.4 Å². The third-order valence-electron chi connectivity index (χ3n) is 3.16. The molecule has 6 nitrogen and oxygen atoms in total. The number of benzene rings is 1. The van der Waals surface area contributed by atoms with Crippen molar-refractivity contribution in [2.75, 3.05) is 7.11 Å². The molecule has 0 unspecified atom stereocenters. The predicted molar refractivity (Wildman–Crippen MR) is 73.8 cm³/mol. The second-order valence-corrected chi connectivity index (χ2v) is 4.81. The molecule has 2 heterocycles. The first-order valence-corrected chi connectivity index (χ1v) is 6.72. The molecular formula is C14H9F5N4O2. The highest BCUT2D eigenvalue weighted by Crippen LogP contribution is 2.28. The molecular weight excluding hydrogens is 351 g/mol. The summed E-state index contributed by atoms with van der Waals surface area (Å²) in [6.45, 7) is 0. The van der Waals surface area contributed by atoms with E-state index in [0.717, 1.165) is 23.8 Å². The minimum Gasteiger partial charge on any atom is -0.406 e. The maximum atomic E-state index is 13.7. The van der Waals surface area contributed by atoms with E-state index in [-0.39, 0.29) is 11.3 Å². The first-order chi connectivity index (χ1) is 11.7. The summed E-state index contributed by atoms with van der Waals surface area (Å²) in [4.78, 5) is 0. The zero-order valence-corrected chi connectivity index (χ0v) is 12.5. The van der Waals surface area contributed by atoms with Gasteiger partial charge in [-0.3, -0.25) is 0 Å². The second kappa shape index (κ2) is 5.92. The van der Waals surface area contributed by atoms with Gasteiger partial charge in [0.05, 0.1) is 5.69 Å². The van der Waals surface area contributed by atoms with Crippen molar-refractivity contribution < 1.29 is 31.4 Å². The van der Waals surface area contributed by atoms with E-state index >= 15 is 0 Å². The number of alkyl halides is 5. The monoisotopic (exact) mass is 360 g/mol. The Morgan fingerprint density at radius 2 is 1.60 bits per heavy atom. The highest BCUT2D eigenvalue weighted by Gasteiger charge is 2.38. The first-order valence-electron chi connectivity index (χ1n) is 6.72. The van der Waals surface area contributed by atoms with Gasteiger partial charge in [-0.25, -0.2) is 0 Å². The van der Waals surface area contributed by atoms with Gasteiger partial charge in [0.15, 0.2) is 5.65 Å². The second-order valence-electron chi connectivity index (χ2n) is 4.81. The molecule has 3 rings (SSSR count). The Morgan fingerprint density at radius 1 is 0.920 bits per heavy atom. The van der Waals surface area contributed by atoms with Crippen molar-refractivity contribution in [1.29, 1.82) is 0 Å². The van der Waals surface area contributed by atoms with E-state index in [0.29, 0.717) is 5.56 Å². The zero-order valence-electron chi connectivity index (χ0n) is 12.5. The maximum absolute atomic E-state index is 13.7. The van der Waals surface area contributed by atoms with Crippen LogP contribution >= 0.6 is 0 Å². The minimum atomic E-state index is -4.80. The predicted octanol–water partition coefficient (Wildman–Crippen LogP) is 3.39. The molecule has 25 heavy (non-hydrogen) atoms. The largest absolute Gasteiger partial charge is 0.573 e. The summed E-state index contributed by atoms with van der Waals surface area (Å²) in [6.07, 6.45) is -8.50. The number of ether oxygens (including phenoxy) is 2. The Balaban J connectivity index is 1.98. The Kier molecular flexibility index (Phi) is 4.03. The Hall–Kier alpha value is -2.82. The molecule has 0 saturated heterocycles. The van der Waals surface area contributed by atoms with E-state index in [1.165, 1.54) is 24.3 Å². The molecule has 0 N–H and O–H groups in total. The fraction of sp³-hybridized carbons (Fsp3) is 0.214. The van der Waals surface area contributed by atoms with Crippen molar-refractivity contribution in [3.8, 4) is 17.0 Å². The number of hydrogen-bond acceptors (Lipinski definition) is 5. The average molecular weight is 360 g/mol. The van der Waals surface area contributed by atoms with Crippen LogP contribution in [0.1, 0.15) is 5.82 Å². The highest BCUT2D eigenvalue weighted by molar-refractivity contribution is 5.61. The smallest absolute Gasteiger partial charge is 0.406 e. The summed E-state index contributed by atoms with van der Waals surface area (Å²) in [5.74, 6) is -1.22. The summed E-state index contributed by atoms with van der Waals surface area (Å²) >= 11 is 0. The number of fused-ring (bicyclic) bond motifs is 1. The summed E-state index contributed by atoms with van der Waals surface area (Å²) < 4.78 is 72.5. The van der Waals surface area contributed by atoms with Crippen LogP contribution in [0, 0.1) is 0 Å². The van der Waals surface area contributed by atoms with Crippen LogP contribution in [0.4, 0.5) is 22.0 Å². The Bertz CT molecular complexity index is 892. The van der Waals surface area contributed by atoms with Gasteiger partial charge in [0.1, 0.15) is 5.75 Å². The molecule has 0 aliphatic rings. The van der Waals surface area contributed by atoms with Crippen LogP contribution < -0.4 is 4.74 Å². The molecule has 0 aliphatic carbocycles. The lowest BCUT2D eigenvalue weighted by Gasteiger charge is -2.11. The summed E-state index contributed by atoms with van der Waals surface area (Å²) in [5.41, 5.74) is 0.670. The molecule has 0 saturated carbocycles. The number of halogens is 5. The van der Waals surface area contributed by atoms with E-state index in [4.69, 9.17) is 0 Å². The van der Waals surface area contributed by atoms with Gasteiger partial charge in [0.25, 0.3) is 5.82 Å². The van der Waals surface area contributed by atoms with Crippen LogP contribution in [0.2, 0.25) is 0 Å². The average Bonchev–Trinajstić information content (AvgIpc) is 2.98. The van der Waals surface area contributed by atoms with E-state index in [1.807, 2.05) is 0 Å². The van der Waals surface area contributed by atoms with Gasteiger partial charge in [0, 0.05) is 12.7 Å². The third-order valence-corrected chi connectivity index (χ3v) is 3.16. The lowest BCUT2D eigenvalue weighted by Crippen LogP contribution is -2.20. The van der Waals surface area contributed by atoms with Crippen molar-refractivity contribution in [2.24, 2.45) is 0 Å². The molecule has 0 aliphatic heterocycles. The molecule has 3 aromatic rings. The van der Waals surface area contributed by atoms with Crippen LogP contribution in [0.5, 0.6) is 5.75 Å². The van der Waals surface area contributed by atoms with Crippen LogP contribution in [0.25, 0.3) is 16.9 Å². The van der Waals surface area contributed by atoms with E-state index in [2.05, 4.69) is 24.8 Å². The van der Waals surface area contributed by atoms with E-state index in [9.17, 15) is 22.0 Å². The van der Waals surface area contributed by atoms with Crippen LogP contribution in [0.3, 0.4) is 0 Å². The Labute approximate surface area is 136 Å². The summed E-state index contributed by atoms with van der Waals surface area (Å²) in [5, 5.41) is 10.9. The first kappa shape index (κ1) is 17.0. The fourth-order valence-corrected chi connectivity index (χ4v) is 2.04. The molecule has 0 fully saturated rings. The normalized spacial score (nSPS) is 12.6. The molecule has 0 spiro atoms. The van der Waals surface area contributed by atoms with Gasteiger partial charge in [-0.1, -0.05) is 0 Å². The Morgan fingerprint density at radius 3 is 2.20 bits per heavy atom. The SMILES string of the molecule is COC(F)(F)c1nnc2ccc(-c3ccc(OC(F)(F)F)cc3)nn12. The van der Waals surface area contributed by atoms with Crippen molar-refractivity contribution in [3.05, 3.63) is 42.2 Å². The zero-order chi connectivity index (χ0) is 18.2. The van der Waals surface area contributed by atoms with Crippen molar-refractivity contribution in [2.45, 2.75) is 12.5 Å². The molecule has 132 valence electrons. The quantitative estimate of drug-likeness (QED) is 0.668. The summed E-state index contributed by atoms with van der Waals surface area (Å²) in [7, 11) is 0.810. The number of aromatic nitrogens is 4. The number of hydrogen-bond donors (Lipinski definition) is 0. The molecule has 0 bridgehead atoms. The van der Waals surface area contributed by atoms with Crippen molar-refractivity contribution in [3.63, 3.8) is 0 Å². The molecule has 0 radical (unpaired) electrons. The standard InChI is InChI=1S/C14H9F5N4O2/c1-24-13(15,16)12-21-20-11-7-6-10(22-23(11)12)8-2-4-9(5-3-8)25-14(17,18)19/h2-7H,1H3. The third kappa shape index (κ3) is 3.50. The highest BCUT2D eigenvalue weighted by atomic mass is 19.4. The van der Waals surface area contributed by atoms with Gasteiger partial charge in [-0.05, 0) is 36.4 Å². The lowest BCUT2D eigenvalue weighted by atomic mass is 10.1.